The summed E-state index contributed by atoms with van der Waals surface area (Å²) >= 11 is 0. The Kier molecular flexibility index (Phi) is 10.6. The van der Waals surface area contributed by atoms with Gasteiger partial charge in [0.15, 0.2) is 0 Å². The van der Waals surface area contributed by atoms with Crippen LogP contribution >= 0.6 is 0 Å². The van der Waals surface area contributed by atoms with Crippen LogP contribution in [0.4, 0.5) is 4.79 Å². The van der Waals surface area contributed by atoms with Crippen LogP contribution < -0.4 is 15.8 Å². The number of hydroxylamine groups is 2. The fourth-order valence-corrected chi connectivity index (χ4v) is 6.10. The molecule has 1 aromatic rings. The van der Waals surface area contributed by atoms with Crippen molar-refractivity contribution in [3.05, 3.63) is 22.8 Å². The van der Waals surface area contributed by atoms with Gasteiger partial charge in [-0.15, -0.1) is 4.40 Å². The van der Waals surface area contributed by atoms with Gasteiger partial charge in [0.05, 0.1) is 19.1 Å². The number of carbonyl (C=O) groups is 2. The first-order valence-electron chi connectivity index (χ1n) is 12.8. The molecule has 1 aliphatic heterocycles. The molecule has 2 amide bonds. The number of nitrogens with two attached hydrogens (primary N) is 1. The maximum Gasteiger partial charge on any atom is 0.408 e. The van der Waals surface area contributed by atoms with E-state index in [0.29, 0.717) is 42.0 Å². The topological polar surface area (TPSA) is 153 Å². The maximum atomic E-state index is 13.3. The lowest BCUT2D eigenvalue weighted by atomic mass is 9.91. The van der Waals surface area contributed by atoms with E-state index in [4.69, 9.17) is 20.0 Å². The molecular formula is C26H43N5O7S. The molecule has 0 aromatic heterocycles. The lowest BCUT2D eigenvalue weighted by Crippen LogP contribution is -2.51. The molecule has 0 saturated carbocycles. The zero-order valence-electron chi connectivity index (χ0n) is 24.5. The van der Waals surface area contributed by atoms with Crippen molar-refractivity contribution in [1.29, 1.82) is 0 Å². The summed E-state index contributed by atoms with van der Waals surface area (Å²) in [6.07, 6.45) is 1.01. The van der Waals surface area contributed by atoms with Crippen molar-refractivity contribution in [2.75, 3.05) is 34.4 Å². The van der Waals surface area contributed by atoms with Gasteiger partial charge in [-0.05, 0) is 89.5 Å². The van der Waals surface area contributed by atoms with Gasteiger partial charge in [-0.25, -0.2) is 9.86 Å². The Labute approximate surface area is 231 Å². The number of benzene rings is 1. The number of likely N-dealkylation sites (N-methyl/N-ethyl adjacent to an activating group) is 1. The molecule has 1 heterocycles. The predicted octanol–water partition coefficient (Wildman–Crippen LogP) is 2.64. The molecule has 3 N–H and O–H groups in total. The molecule has 0 bridgehead atoms. The minimum Gasteiger partial charge on any atom is -0.496 e. The minimum absolute atomic E-state index is 0.0870. The van der Waals surface area contributed by atoms with Gasteiger partial charge in [-0.2, -0.15) is 8.42 Å². The van der Waals surface area contributed by atoms with Gasteiger partial charge in [-0.1, -0.05) is 0 Å². The zero-order chi connectivity index (χ0) is 29.7. The van der Waals surface area contributed by atoms with Crippen LogP contribution in [0, 0.1) is 26.7 Å². The SMILES string of the molecule is COc1cc(C)c(S(=O)(=O)/N=C(/N)N2CCC[C@@H](CC(NC(=O)OC(C)(C)C)C(=O)N(C)OC)C2)c(C)c1C. The molecule has 1 saturated heterocycles. The van der Waals surface area contributed by atoms with Crippen LogP contribution in [-0.4, -0.2) is 82.3 Å². The molecule has 0 aliphatic carbocycles. The number of ether oxygens (including phenoxy) is 2. The number of methoxy groups -OCH3 is 1. The number of amides is 2. The summed E-state index contributed by atoms with van der Waals surface area (Å²) < 4.78 is 41.3. The molecule has 13 heteroatoms. The summed E-state index contributed by atoms with van der Waals surface area (Å²) in [6, 6.07) is 0.758. The monoisotopic (exact) mass is 569 g/mol. The second-order valence-corrected chi connectivity index (χ2v) is 12.3. The average Bonchev–Trinajstić information content (AvgIpc) is 2.83. The first-order valence-corrected chi connectivity index (χ1v) is 14.3. The van der Waals surface area contributed by atoms with E-state index >= 15 is 0 Å². The van der Waals surface area contributed by atoms with Crippen LogP contribution in [0.15, 0.2) is 15.4 Å². The summed E-state index contributed by atoms with van der Waals surface area (Å²) in [5.74, 6) is -0.0477. The largest absolute Gasteiger partial charge is 0.496 e. The van der Waals surface area contributed by atoms with E-state index in [9.17, 15) is 18.0 Å². The number of hydrogen-bond acceptors (Lipinski definition) is 7. The second kappa shape index (κ2) is 12.9. The number of alkyl carbamates (subject to hydrolysis) is 1. The third kappa shape index (κ3) is 8.46. The van der Waals surface area contributed by atoms with Crippen molar-refractivity contribution in [1.82, 2.24) is 15.3 Å². The average molecular weight is 570 g/mol. The Hall–Kier alpha value is -3.06. The second-order valence-electron chi connectivity index (χ2n) is 10.8. The smallest absolute Gasteiger partial charge is 0.408 e. The number of sulfonamides is 1. The molecule has 1 fully saturated rings. The van der Waals surface area contributed by atoms with Crippen LogP contribution in [0.1, 0.15) is 56.7 Å². The molecule has 0 radical (unpaired) electrons. The third-order valence-corrected chi connectivity index (χ3v) is 8.23. The number of aryl methyl sites for hydroxylation is 1. The fraction of sp³-hybridized carbons (Fsp3) is 0.654. The van der Waals surface area contributed by atoms with Crippen molar-refractivity contribution in [2.24, 2.45) is 16.0 Å². The highest BCUT2D eigenvalue weighted by atomic mass is 32.2. The van der Waals surface area contributed by atoms with E-state index in [1.165, 1.54) is 21.3 Å². The van der Waals surface area contributed by atoms with Gasteiger partial charge in [0.1, 0.15) is 17.4 Å². The molecule has 220 valence electrons. The maximum absolute atomic E-state index is 13.3. The van der Waals surface area contributed by atoms with Crippen molar-refractivity contribution >= 4 is 28.0 Å². The van der Waals surface area contributed by atoms with Crippen LogP contribution in [0.2, 0.25) is 0 Å². The lowest BCUT2D eigenvalue weighted by molar-refractivity contribution is -0.171. The number of piperidine rings is 1. The number of likely N-dealkylation sites (tertiary alicyclic amines) is 1. The van der Waals surface area contributed by atoms with Gasteiger partial charge < -0.3 is 25.4 Å². The van der Waals surface area contributed by atoms with Crippen LogP contribution in [0.3, 0.4) is 0 Å². The van der Waals surface area contributed by atoms with Gasteiger partial charge >= 0.3 is 6.09 Å². The van der Waals surface area contributed by atoms with E-state index < -0.39 is 33.7 Å². The highest BCUT2D eigenvalue weighted by Crippen LogP contribution is 2.32. The summed E-state index contributed by atoms with van der Waals surface area (Å²) in [7, 11) is 0.245. The van der Waals surface area contributed by atoms with E-state index in [1.807, 2.05) is 0 Å². The Balaban J connectivity index is 2.26. The van der Waals surface area contributed by atoms with E-state index in [1.54, 1.807) is 52.5 Å². The van der Waals surface area contributed by atoms with E-state index in [0.717, 1.165) is 11.5 Å². The third-order valence-electron chi connectivity index (χ3n) is 6.66. The Bertz CT molecular complexity index is 1190. The number of nitrogens with one attached hydrogen (secondary N) is 1. The quantitative estimate of drug-likeness (QED) is 0.273. The van der Waals surface area contributed by atoms with Crippen LogP contribution in [-0.2, 0) is 24.4 Å². The summed E-state index contributed by atoms with van der Waals surface area (Å²) in [6.45, 7) is 11.3. The summed E-state index contributed by atoms with van der Waals surface area (Å²) in [5, 5.41) is 3.70. The standard InChI is InChI=1S/C26H43N5O7S/c1-16-13-21(36-8)17(2)18(3)22(16)39(34,35)29-24(27)31-12-10-11-19(15-31)14-20(23(32)30(7)37-9)28-25(33)38-26(4,5)6/h13,19-20H,10-12,14-15H2,1-9H3,(H2,27,29)(H,28,33)/t19-,20?/m0/s1. The Morgan fingerprint density at radius 2 is 1.87 bits per heavy atom. The predicted molar refractivity (Wildman–Crippen MR) is 148 cm³/mol. The minimum atomic E-state index is -4.10. The molecule has 2 atom stereocenters. The van der Waals surface area contributed by atoms with Crippen molar-refractivity contribution in [3.63, 3.8) is 0 Å². The fourth-order valence-electron chi connectivity index (χ4n) is 4.64. The molecule has 39 heavy (non-hydrogen) atoms. The van der Waals surface area contributed by atoms with Crippen molar-refractivity contribution in [3.8, 4) is 5.75 Å². The molecule has 12 nitrogen and oxygen atoms in total. The zero-order valence-corrected chi connectivity index (χ0v) is 25.3. The molecule has 1 aromatic carbocycles. The summed E-state index contributed by atoms with van der Waals surface area (Å²) in [5.41, 5.74) is 7.27. The van der Waals surface area contributed by atoms with Gasteiger partial charge in [0, 0.05) is 20.1 Å². The molecule has 1 aliphatic rings. The summed E-state index contributed by atoms with van der Waals surface area (Å²) in [4.78, 5) is 32.2. The van der Waals surface area contributed by atoms with Gasteiger partial charge in [0.25, 0.3) is 15.9 Å². The number of nitrogens with zero attached hydrogens (tertiary/aromatic N) is 3. The van der Waals surface area contributed by atoms with E-state index in [2.05, 4.69) is 9.71 Å². The first kappa shape index (κ1) is 32.2. The van der Waals surface area contributed by atoms with Crippen LogP contribution in [0.5, 0.6) is 5.75 Å². The van der Waals surface area contributed by atoms with E-state index in [-0.39, 0.29) is 23.2 Å². The number of carbonyl (C=O) groups excluding carboxylic acids is 2. The first-order chi connectivity index (χ1) is 18.0. The number of rotatable bonds is 8. The molecule has 0 spiro atoms. The van der Waals surface area contributed by atoms with Crippen molar-refractivity contribution in [2.45, 2.75) is 77.3 Å². The van der Waals surface area contributed by atoms with Crippen molar-refractivity contribution < 1.29 is 32.3 Å². The highest BCUT2D eigenvalue weighted by Gasteiger charge is 2.32. The Morgan fingerprint density at radius 1 is 1.23 bits per heavy atom. The van der Waals surface area contributed by atoms with Crippen LogP contribution in [0.25, 0.3) is 0 Å². The van der Waals surface area contributed by atoms with Gasteiger partial charge in [-0.3, -0.25) is 9.63 Å². The molecule has 2 rings (SSSR count). The van der Waals surface area contributed by atoms with Gasteiger partial charge in [0.2, 0.25) is 5.96 Å². The number of hydrogen-bond donors (Lipinski definition) is 2. The molecular weight excluding hydrogens is 526 g/mol. The highest BCUT2D eigenvalue weighted by molar-refractivity contribution is 7.90. The Morgan fingerprint density at radius 3 is 2.44 bits per heavy atom. The number of guanidine groups is 1. The lowest BCUT2D eigenvalue weighted by Gasteiger charge is -2.35. The molecule has 1 unspecified atom stereocenters. The normalized spacial score (nSPS) is 17.4.